The third-order valence-electron chi connectivity index (χ3n) is 3.90. The first-order chi connectivity index (χ1) is 10.6. The highest BCUT2D eigenvalue weighted by Crippen LogP contribution is 2.37. The third-order valence-corrected chi connectivity index (χ3v) is 3.90. The molecule has 2 aromatic rings. The molecule has 5 heteroatoms. The van der Waals surface area contributed by atoms with Gasteiger partial charge in [-0.3, -0.25) is 19.9 Å². The van der Waals surface area contributed by atoms with Crippen molar-refractivity contribution in [1.82, 2.24) is 0 Å². The normalized spacial score (nSPS) is 12.7. The van der Waals surface area contributed by atoms with Gasteiger partial charge in [-0.1, -0.05) is 24.3 Å². The molecule has 1 aliphatic rings. The summed E-state index contributed by atoms with van der Waals surface area (Å²) in [5.41, 5.74) is 2.27. The number of hydrogen-bond donors (Lipinski definition) is 2. The molecule has 3 rings (SSSR count). The van der Waals surface area contributed by atoms with Gasteiger partial charge in [0.25, 0.3) is 0 Å². The second-order valence-corrected chi connectivity index (χ2v) is 5.05. The summed E-state index contributed by atoms with van der Waals surface area (Å²) in [6, 6.07) is 10.1. The molecule has 0 atom stereocenters. The number of carbonyl (C=O) groups excluding carboxylic acids is 2. The van der Waals surface area contributed by atoms with Gasteiger partial charge in [-0.05, 0) is 19.1 Å². The Morgan fingerprint density at radius 2 is 1.59 bits per heavy atom. The average molecular weight is 296 g/mol. The van der Waals surface area contributed by atoms with Crippen molar-refractivity contribution in [2.45, 2.75) is 6.92 Å². The molecular formula is C17H16N2O3. The van der Waals surface area contributed by atoms with E-state index in [0.717, 1.165) is 5.06 Å². The van der Waals surface area contributed by atoms with E-state index in [-0.39, 0.29) is 17.1 Å². The summed E-state index contributed by atoms with van der Waals surface area (Å²) < 4.78 is 0. The first kappa shape index (κ1) is 14.3. The van der Waals surface area contributed by atoms with Crippen molar-refractivity contribution < 1.29 is 14.8 Å². The van der Waals surface area contributed by atoms with Crippen molar-refractivity contribution in [2.24, 2.45) is 0 Å². The molecule has 0 bridgehead atoms. The maximum Gasteiger partial charge on any atom is 0.196 e. The smallest absolute Gasteiger partial charge is 0.196 e. The van der Waals surface area contributed by atoms with Crippen LogP contribution in [0.5, 0.6) is 0 Å². The molecule has 0 saturated carbocycles. The van der Waals surface area contributed by atoms with Crippen LogP contribution in [0.2, 0.25) is 0 Å². The molecule has 0 amide bonds. The third kappa shape index (κ3) is 1.90. The number of hydroxylamine groups is 1. The molecule has 22 heavy (non-hydrogen) atoms. The molecular weight excluding hydrogens is 280 g/mol. The lowest BCUT2D eigenvalue weighted by Gasteiger charge is -2.25. The van der Waals surface area contributed by atoms with Gasteiger partial charge in [-0.25, -0.2) is 0 Å². The molecule has 5 nitrogen and oxygen atoms in total. The highest BCUT2D eigenvalue weighted by molar-refractivity contribution is 6.31. The first-order valence-corrected chi connectivity index (χ1v) is 7.09. The number of nitrogens with zero attached hydrogens (tertiary/aromatic N) is 1. The van der Waals surface area contributed by atoms with Crippen LogP contribution < -0.4 is 10.4 Å². The SMILES string of the molecule is CCN(O)c1ccc(NC)c2c1C(=O)c1ccccc1C2=O. The van der Waals surface area contributed by atoms with Gasteiger partial charge in [0.15, 0.2) is 11.6 Å². The van der Waals surface area contributed by atoms with E-state index in [1.807, 2.05) is 0 Å². The second kappa shape index (κ2) is 5.27. The van der Waals surface area contributed by atoms with Gasteiger partial charge in [0, 0.05) is 30.4 Å². The summed E-state index contributed by atoms with van der Waals surface area (Å²) in [5, 5.41) is 14.0. The largest absolute Gasteiger partial charge is 0.388 e. The van der Waals surface area contributed by atoms with Crippen LogP contribution in [-0.2, 0) is 0 Å². The highest BCUT2D eigenvalue weighted by Gasteiger charge is 2.34. The monoisotopic (exact) mass is 296 g/mol. The Morgan fingerprint density at radius 3 is 2.14 bits per heavy atom. The van der Waals surface area contributed by atoms with Gasteiger partial charge in [0.2, 0.25) is 0 Å². The van der Waals surface area contributed by atoms with Crippen molar-refractivity contribution in [3.05, 3.63) is 58.7 Å². The number of benzene rings is 2. The fourth-order valence-electron chi connectivity index (χ4n) is 2.80. The lowest BCUT2D eigenvalue weighted by molar-refractivity contribution is 0.0979. The van der Waals surface area contributed by atoms with Crippen LogP contribution in [-0.4, -0.2) is 30.4 Å². The number of rotatable bonds is 3. The van der Waals surface area contributed by atoms with Crippen molar-refractivity contribution in [3.8, 4) is 0 Å². The molecule has 2 aromatic carbocycles. The van der Waals surface area contributed by atoms with E-state index in [1.165, 1.54) is 0 Å². The highest BCUT2D eigenvalue weighted by atomic mass is 16.5. The van der Waals surface area contributed by atoms with Crippen LogP contribution in [0, 0.1) is 0 Å². The second-order valence-electron chi connectivity index (χ2n) is 5.05. The number of carbonyl (C=O) groups is 2. The summed E-state index contributed by atoms with van der Waals surface area (Å²) in [5.74, 6) is -0.453. The van der Waals surface area contributed by atoms with Gasteiger partial charge in [0.05, 0.1) is 16.8 Å². The van der Waals surface area contributed by atoms with Crippen molar-refractivity contribution in [1.29, 1.82) is 0 Å². The molecule has 0 aliphatic heterocycles. The van der Waals surface area contributed by atoms with Crippen LogP contribution in [0.15, 0.2) is 36.4 Å². The molecule has 2 N–H and O–H groups in total. The Morgan fingerprint density at radius 1 is 1.00 bits per heavy atom. The Hall–Kier alpha value is -2.66. The number of hydrogen-bond acceptors (Lipinski definition) is 5. The van der Waals surface area contributed by atoms with Crippen molar-refractivity contribution in [3.63, 3.8) is 0 Å². The summed E-state index contributed by atoms with van der Waals surface area (Å²) in [4.78, 5) is 25.6. The quantitative estimate of drug-likeness (QED) is 0.727. The van der Waals surface area contributed by atoms with Crippen LogP contribution in [0.3, 0.4) is 0 Å². The standard InChI is InChI=1S/C17H16N2O3/c1-3-19(22)13-9-8-12(18-2)14-15(13)17(21)11-7-5-4-6-10(11)16(14)20/h4-9,18,22H,3H2,1-2H3. The van der Waals surface area contributed by atoms with E-state index in [2.05, 4.69) is 5.32 Å². The van der Waals surface area contributed by atoms with E-state index >= 15 is 0 Å². The van der Waals surface area contributed by atoms with Gasteiger partial charge in [0.1, 0.15) is 0 Å². The zero-order valence-corrected chi connectivity index (χ0v) is 12.4. The molecule has 0 radical (unpaired) electrons. The average Bonchev–Trinajstić information content (AvgIpc) is 2.57. The maximum absolute atomic E-state index is 12.8. The topological polar surface area (TPSA) is 69.6 Å². The Labute approximate surface area is 128 Å². The molecule has 0 spiro atoms. The van der Waals surface area contributed by atoms with Crippen LogP contribution in [0.4, 0.5) is 11.4 Å². The molecule has 0 saturated heterocycles. The number of nitrogens with one attached hydrogen (secondary N) is 1. The minimum absolute atomic E-state index is 0.207. The summed E-state index contributed by atoms with van der Waals surface area (Å²) in [7, 11) is 1.70. The van der Waals surface area contributed by atoms with Crippen LogP contribution >= 0.6 is 0 Å². The molecule has 0 fully saturated rings. The van der Waals surface area contributed by atoms with Gasteiger partial charge in [-0.2, -0.15) is 0 Å². The van der Waals surface area contributed by atoms with E-state index in [1.54, 1.807) is 50.4 Å². The molecule has 112 valence electrons. The Bertz CT molecular complexity index is 783. The van der Waals surface area contributed by atoms with Gasteiger partial charge >= 0.3 is 0 Å². The zero-order chi connectivity index (χ0) is 15.9. The summed E-state index contributed by atoms with van der Waals surface area (Å²) in [6.45, 7) is 2.08. The Kier molecular flexibility index (Phi) is 3.42. The maximum atomic E-state index is 12.8. The van der Waals surface area contributed by atoms with E-state index in [9.17, 15) is 14.8 Å². The number of ketones is 2. The van der Waals surface area contributed by atoms with Crippen molar-refractivity contribution in [2.75, 3.05) is 24.0 Å². The zero-order valence-electron chi connectivity index (χ0n) is 12.4. The number of anilines is 2. The summed E-state index contributed by atoms with van der Waals surface area (Å²) in [6.07, 6.45) is 0. The Balaban J connectivity index is 2.35. The van der Waals surface area contributed by atoms with Gasteiger partial charge in [-0.15, -0.1) is 0 Å². The van der Waals surface area contributed by atoms with E-state index in [4.69, 9.17) is 0 Å². The molecule has 0 unspecified atom stereocenters. The predicted octanol–water partition coefficient (Wildman–Crippen LogP) is 2.72. The van der Waals surface area contributed by atoms with E-state index in [0.29, 0.717) is 34.6 Å². The molecule has 0 aromatic heterocycles. The lowest BCUT2D eigenvalue weighted by atomic mass is 9.82. The van der Waals surface area contributed by atoms with E-state index < -0.39 is 0 Å². The van der Waals surface area contributed by atoms with Crippen molar-refractivity contribution >= 4 is 22.9 Å². The molecule has 0 heterocycles. The predicted molar refractivity (Wildman–Crippen MR) is 84.1 cm³/mol. The minimum Gasteiger partial charge on any atom is -0.388 e. The summed E-state index contributed by atoms with van der Waals surface area (Å²) >= 11 is 0. The minimum atomic E-state index is -0.246. The first-order valence-electron chi connectivity index (χ1n) is 7.09. The molecule has 1 aliphatic carbocycles. The number of fused-ring (bicyclic) bond motifs is 2. The van der Waals surface area contributed by atoms with Crippen LogP contribution in [0.25, 0.3) is 0 Å². The fraction of sp³-hybridized carbons (Fsp3) is 0.176. The lowest BCUT2D eigenvalue weighted by Crippen LogP contribution is -2.27. The van der Waals surface area contributed by atoms with Crippen LogP contribution in [0.1, 0.15) is 38.8 Å². The van der Waals surface area contributed by atoms with Gasteiger partial charge < -0.3 is 5.32 Å². The fourth-order valence-corrected chi connectivity index (χ4v) is 2.80.